The van der Waals surface area contributed by atoms with Crippen LogP contribution in [0.25, 0.3) is 0 Å². The fraction of sp³-hybridized carbons (Fsp3) is 0.0769. The number of rotatable bonds is 3. The Morgan fingerprint density at radius 2 is 2.00 bits per heavy atom. The van der Waals surface area contributed by atoms with Crippen molar-refractivity contribution in [2.45, 2.75) is 5.88 Å². The highest BCUT2D eigenvalue weighted by molar-refractivity contribution is 9.10. The van der Waals surface area contributed by atoms with Crippen molar-refractivity contribution in [1.82, 2.24) is 4.98 Å². The molecule has 2 rings (SSSR count). The molecule has 0 aliphatic carbocycles. The monoisotopic (exact) mass is 324 g/mol. The molecule has 0 saturated heterocycles. The number of hydrogen-bond acceptors (Lipinski definition) is 2. The Hall–Kier alpha value is -1.39. The average Bonchev–Trinajstić information content (AvgIpc) is 2.41. The Labute approximate surface area is 118 Å². The van der Waals surface area contributed by atoms with E-state index in [4.69, 9.17) is 11.6 Å². The minimum atomic E-state index is -0.176. The van der Waals surface area contributed by atoms with Gasteiger partial charge in [-0.15, -0.1) is 11.6 Å². The van der Waals surface area contributed by atoms with Gasteiger partial charge in [0, 0.05) is 17.6 Å². The predicted molar refractivity (Wildman–Crippen MR) is 75.9 cm³/mol. The van der Waals surface area contributed by atoms with Gasteiger partial charge in [-0.2, -0.15) is 0 Å². The first kappa shape index (κ1) is 13.1. The fourth-order valence-corrected chi connectivity index (χ4v) is 1.95. The number of benzene rings is 1. The number of nitrogens with one attached hydrogen (secondary N) is 1. The summed E-state index contributed by atoms with van der Waals surface area (Å²) in [6.07, 6.45) is 1.65. The molecule has 0 radical (unpaired) electrons. The van der Waals surface area contributed by atoms with E-state index in [9.17, 15) is 4.79 Å². The second-order valence-corrected chi connectivity index (χ2v) is 4.64. The molecular formula is C13H10BrClN2O. The van der Waals surface area contributed by atoms with Gasteiger partial charge in [-0.25, -0.2) is 4.98 Å². The van der Waals surface area contributed by atoms with Gasteiger partial charge in [0.2, 0.25) is 0 Å². The van der Waals surface area contributed by atoms with Gasteiger partial charge in [0.25, 0.3) is 5.91 Å². The number of amides is 1. The Balaban J connectivity index is 2.14. The molecule has 0 spiro atoms. The third-order valence-electron chi connectivity index (χ3n) is 2.38. The minimum absolute atomic E-state index is 0.176. The maximum atomic E-state index is 12.0. The van der Waals surface area contributed by atoms with E-state index in [1.165, 1.54) is 0 Å². The maximum absolute atomic E-state index is 12.0. The summed E-state index contributed by atoms with van der Waals surface area (Å²) < 4.78 is 0.607. The summed E-state index contributed by atoms with van der Waals surface area (Å²) in [6, 6.07) is 10.7. The van der Waals surface area contributed by atoms with E-state index in [0.29, 0.717) is 21.7 Å². The van der Waals surface area contributed by atoms with Crippen molar-refractivity contribution in [3.8, 4) is 0 Å². The van der Waals surface area contributed by atoms with E-state index in [1.54, 1.807) is 30.5 Å². The SMILES string of the molecule is O=C(Nc1cccnc1Br)c1ccc(CCl)cc1. The first-order valence-electron chi connectivity index (χ1n) is 5.27. The van der Waals surface area contributed by atoms with Crippen LogP contribution in [0.3, 0.4) is 0 Å². The second kappa shape index (κ2) is 5.98. The standard InChI is InChI=1S/C13H10BrClN2O/c14-12-11(2-1-7-16-12)17-13(18)10-5-3-9(8-15)4-6-10/h1-7H,8H2,(H,17,18). The number of carbonyl (C=O) groups is 1. The van der Waals surface area contributed by atoms with E-state index in [0.717, 1.165) is 5.56 Å². The molecule has 0 aliphatic heterocycles. The quantitative estimate of drug-likeness (QED) is 0.688. The Morgan fingerprint density at radius 3 is 2.61 bits per heavy atom. The van der Waals surface area contributed by atoms with Crippen molar-refractivity contribution < 1.29 is 4.79 Å². The van der Waals surface area contributed by atoms with E-state index in [1.807, 2.05) is 12.1 Å². The lowest BCUT2D eigenvalue weighted by atomic mass is 10.1. The van der Waals surface area contributed by atoms with Crippen LogP contribution in [0.5, 0.6) is 0 Å². The molecule has 5 heteroatoms. The zero-order valence-corrected chi connectivity index (χ0v) is 11.7. The van der Waals surface area contributed by atoms with Gasteiger partial charge in [-0.3, -0.25) is 4.79 Å². The summed E-state index contributed by atoms with van der Waals surface area (Å²) in [5.41, 5.74) is 2.21. The van der Waals surface area contributed by atoms with Crippen molar-refractivity contribution in [2.75, 3.05) is 5.32 Å². The highest BCUT2D eigenvalue weighted by Gasteiger charge is 2.08. The molecule has 0 fully saturated rings. The molecule has 2 aromatic rings. The zero-order valence-electron chi connectivity index (χ0n) is 9.36. The summed E-state index contributed by atoms with van der Waals surface area (Å²) in [4.78, 5) is 16.0. The van der Waals surface area contributed by atoms with Crippen molar-refractivity contribution in [3.05, 3.63) is 58.3 Å². The molecule has 0 saturated carbocycles. The van der Waals surface area contributed by atoms with Crippen LogP contribution in [0.4, 0.5) is 5.69 Å². The van der Waals surface area contributed by atoms with E-state index in [2.05, 4.69) is 26.2 Å². The number of pyridine rings is 1. The van der Waals surface area contributed by atoms with Crippen LogP contribution in [0.15, 0.2) is 47.2 Å². The van der Waals surface area contributed by atoms with Gasteiger partial charge in [0.05, 0.1) is 5.69 Å². The molecule has 18 heavy (non-hydrogen) atoms. The van der Waals surface area contributed by atoms with Crippen LogP contribution < -0.4 is 5.32 Å². The molecule has 1 aromatic carbocycles. The number of anilines is 1. The average molecular weight is 326 g/mol. The van der Waals surface area contributed by atoms with Crippen LogP contribution in [-0.2, 0) is 5.88 Å². The number of carbonyl (C=O) groups excluding carboxylic acids is 1. The normalized spacial score (nSPS) is 10.1. The highest BCUT2D eigenvalue weighted by Crippen LogP contribution is 2.19. The highest BCUT2D eigenvalue weighted by atomic mass is 79.9. The van der Waals surface area contributed by atoms with Crippen LogP contribution in [0, 0.1) is 0 Å². The molecule has 1 N–H and O–H groups in total. The van der Waals surface area contributed by atoms with Crippen LogP contribution in [-0.4, -0.2) is 10.9 Å². The third-order valence-corrected chi connectivity index (χ3v) is 3.32. The summed E-state index contributed by atoms with van der Waals surface area (Å²) >= 11 is 8.97. The largest absolute Gasteiger partial charge is 0.320 e. The lowest BCUT2D eigenvalue weighted by Gasteiger charge is -2.06. The number of nitrogens with zero attached hydrogens (tertiary/aromatic N) is 1. The zero-order chi connectivity index (χ0) is 13.0. The minimum Gasteiger partial charge on any atom is -0.320 e. The van der Waals surface area contributed by atoms with Gasteiger partial charge >= 0.3 is 0 Å². The molecule has 1 heterocycles. The van der Waals surface area contributed by atoms with Crippen molar-refractivity contribution in [1.29, 1.82) is 0 Å². The first-order valence-corrected chi connectivity index (χ1v) is 6.60. The van der Waals surface area contributed by atoms with E-state index >= 15 is 0 Å². The van der Waals surface area contributed by atoms with Crippen LogP contribution in [0.2, 0.25) is 0 Å². The Bertz CT molecular complexity index is 557. The summed E-state index contributed by atoms with van der Waals surface area (Å²) in [5, 5.41) is 2.78. The molecular weight excluding hydrogens is 316 g/mol. The molecule has 1 amide bonds. The Kier molecular flexibility index (Phi) is 4.33. The smallest absolute Gasteiger partial charge is 0.255 e. The van der Waals surface area contributed by atoms with Crippen molar-refractivity contribution >= 4 is 39.1 Å². The number of alkyl halides is 1. The van der Waals surface area contributed by atoms with Crippen molar-refractivity contribution in [2.24, 2.45) is 0 Å². The lowest BCUT2D eigenvalue weighted by molar-refractivity contribution is 0.102. The maximum Gasteiger partial charge on any atom is 0.255 e. The number of hydrogen-bond donors (Lipinski definition) is 1. The van der Waals surface area contributed by atoms with Gasteiger partial charge in [0.15, 0.2) is 0 Å². The molecule has 0 aliphatic rings. The van der Waals surface area contributed by atoms with Gasteiger partial charge in [-0.1, -0.05) is 12.1 Å². The summed E-state index contributed by atoms with van der Waals surface area (Å²) in [6.45, 7) is 0. The predicted octanol–water partition coefficient (Wildman–Crippen LogP) is 3.84. The van der Waals surface area contributed by atoms with Gasteiger partial charge in [-0.05, 0) is 45.8 Å². The number of halogens is 2. The molecule has 0 atom stereocenters. The third kappa shape index (κ3) is 3.09. The summed E-state index contributed by atoms with van der Waals surface area (Å²) in [5.74, 6) is 0.264. The Morgan fingerprint density at radius 1 is 1.28 bits per heavy atom. The molecule has 0 bridgehead atoms. The summed E-state index contributed by atoms with van der Waals surface area (Å²) in [7, 11) is 0. The van der Waals surface area contributed by atoms with E-state index < -0.39 is 0 Å². The first-order chi connectivity index (χ1) is 8.70. The molecule has 3 nitrogen and oxygen atoms in total. The van der Waals surface area contributed by atoms with Crippen molar-refractivity contribution in [3.63, 3.8) is 0 Å². The van der Waals surface area contributed by atoms with E-state index in [-0.39, 0.29) is 5.91 Å². The van der Waals surface area contributed by atoms with Gasteiger partial charge < -0.3 is 5.32 Å². The van der Waals surface area contributed by atoms with Gasteiger partial charge in [0.1, 0.15) is 4.60 Å². The fourth-order valence-electron chi connectivity index (χ4n) is 1.42. The second-order valence-electron chi connectivity index (χ2n) is 3.63. The molecule has 92 valence electrons. The van der Waals surface area contributed by atoms with Crippen LogP contribution >= 0.6 is 27.5 Å². The molecule has 1 aromatic heterocycles. The number of aromatic nitrogens is 1. The van der Waals surface area contributed by atoms with Crippen LogP contribution in [0.1, 0.15) is 15.9 Å². The topological polar surface area (TPSA) is 42.0 Å². The molecule has 0 unspecified atom stereocenters. The lowest BCUT2D eigenvalue weighted by Crippen LogP contribution is -2.12.